The van der Waals surface area contributed by atoms with Crippen LogP contribution in [-0.4, -0.2) is 11.9 Å². The van der Waals surface area contributed by atoms with Crippen molar-refractivity contribution in [2.45, 2.75) is 0 Å². The Labute approximate surface area is 170 Å². The van der Waals surface area contributed by atoms with Crippen LogP contribution >= 0.6 is 0 Å². The standard InChI is InChI=1S/C8H5FO4.2K/c9-4-1-2-5(7(10)11)6(3-4)8(12)13;;/h1-3H,(H,10,11)(H,12,13);;/q;2*+1/p-2. The Morgan fingerprint density at radius 1 is 1.00 bits per heavy atom. The molecule has 0 saturated carbocycles. The molecular formula is C8H3FK2O4. The van der Waals surface area contributed by atoms with Gasteiger partial charge in [-0.3, -0.25) is 0 Å². The minimum absolute atomic E-state index is 0. The fraction of sp³-hybridized carbons (Fsp3) is 0. The van der Waals surface area contributed by atoms with E-state index in [-0.39, 0.29) is 103 Å². The van der Waals surface area contributed by atoms with E-state index in [1.807, 2.05) is 0 Å². The first-order chi connectivity index (χ1) is 6.02. The normalized spacial score (nSPS) is 8.33. The van der Waals surface area contributed by atoms with Gasteiger partial charge in [0, 0.05) is 11.1 Å². The van der Waals surface area contributed by atoms with Crippen LogP contribution in [0.1, 0.15) is 20.7 Å². The van der Waals surface area contributed by atoms with Gasteiger partial charge in [-0.1, -0.05) is 0 Å². The molecule has 0 spiro atoms. The predicted molar refractivity (Wildman–Crippen MR) is 35.1 cm³/mol. The molecule has 0 aliphatic carbocycles. The van der Waals surface area contributed by atoms with Gasteiger partial charge in [-0.15, -0.1) is 0 Å². The van der Waals surface area contributed by atoms with Crippen molar-refractivity contribution in [1.82, 2.24) is 0 Å². The van der Waals surface area contributed by atoms with Gasteiger partial charge >= 0.3 is 103 Å². The number of carboxylic acids is 2. The summed E-state index contributed by atoms with van der Waals surface area (Å²) in [5.74, 6) is -4.28. The number of halogens is 1. The van der Waals surface area contributed by atoms with Gasteiger partial charge in [-0.2, -0.15) is 0 Å². The van der Waals surface area contributed by atoms with Gasteiger partial charge in [-0.25, -0.2) is 4.39 Å². The Morgan fingerprint density at radius 3 is 1.87 bits per heavy atom. The Morgan fingerprint density at radius 2 is 1.47 bits per heavy atom. The third-order valence-electron chi connectivity index (χ3n) is 1.42. The van der Waals surface area contributed by atoms with Gasteiger partial charge in [-0.05, 0) is 18.2 Å². The first-order valence-electron chi connectivity index (χ1n) is 3.24. The van der Waals surface area contributed by atoms with Gasteiger partial charge in [0.05, 0.1) is 11.9 Å². The molecule has 0 aliphatic heterocycles. The van der Waals surface area contributed by atoms with E-state index in [9.17, 15) is 24.2 Å². The zero-order valence-electron chi connectivity index (χ0n) is 8.24. The molecule has 1 aromatic rings. The Kier molecular flexibility index (Phi) is 10.5. The number of carboxylic acid groups (broad SMARTS) is 2. The van der Waals surface area contributed by atoms with Crippen LogP contribution in [0.2, 0.25) is 0 Å². The van der Waals surface area contributed by atoms with E-state index in [1.54, 1.807) is 0 Å². The smallest absolute Gasteiger partial charge is 0.545 e. The Bertz CT molecular complexity index is 381. The summed E-state index contributed by atoms with van der Waals surface area (Å²) < 4.78 is 12.5. The average molecular weight is 260 g/mol. The van der Waals surface area contributed by atoms with Crippen LogP contribution < -0.4 is 113 Å². The molecule has 0 heterocycles. The predicted octanol–water partition coefficient (Wildman–Crippen LogP) is -7.44. The third kappa shape index (κ3) is 5.49. The molecule has 1 rings (SSSR count). The van der Waals surface area contributed by atoms with Crippen molar-refractivity contribution in [2.24, 2.45) is 0 Å². The molecule has 68 valence electrons. The number of carbonyl (C=O) groups is 2. The molecule has 1 aromatic carbocycles. The number of rotatable bonds is 2. The molecule has 0 aromatic heterocycles. The molecule has 0 amide bonds. The molecule has 7 heteroatoms. The van der Waals surface area contributed by atoms with Crippen LogP contribution in [0.25, 0.3) is 0 Å². The first-order valence-corrected chi connectivity index (χ1v) is 3.24. The second kappa shape index (κ2) is 8.45. The molecule has 0 aliphatic rings. The Balaban J connectivity index is 0. The fourth-order valence-corrected chi connectivity index (χ4v) is 0.863. The van der Waals surface area contributed by atoms with E-state index in [2.05, 4.69) is 0 Å². The molecule has 0 atom stereocenters. The minimum atomic E-state index is -1.75. The summed E-state index contributed by atoms with van der Waals surface area (Å²) in [6, 6.07) is 2.22. The average Bonchev–Trinajstić information content (AvgIpc) is 2.03. The summed E-state index contributed by atoms with van der Waals surface area (Å²) in [6.45, 7) is 0. The van der Waals surface area contributed by atoms with Crippen molar-refractivity contribution in [1.29, 1.82) is 0 Å². The Hall–Kier alpha value is 1.36. The van der Waals surface area contributed by atoms with Crippen molar-refractivity contribution in [3.05, 3.63) is 35.1 Å². The van der Waals surface area contributed by atoms with Crippen LogP contribution in [0.4, 0.5) is 4.39 Å². The second-order valence-electron chi connectivity index (χ2n) is 2.26. The zero-order valence-corrected chi connectivity index (χ0v) is 14.5. The van der Waals surface area contributed by atoms with E-state index in [1.165, 1.54) is 0 Å². The SMILES string of the molecule is O=C([O-])c1ccc(F)cc1C(=O)[O-].[K+].[K+]. The largest absolute Gasteiger partial charge is 1.00 e. The van der Waals surface area contributed by atoms with Crippen molar-refractivity contribution in [3.8, 4) is 0 Å². The summed E-state index contributed by atoms with van der Waals surface area (Å²) in [5.41, 5.74) is -1.32. The second-order valence-corrected chi connectivity index (χ2v) is 2.26. The maximum atomic E-state index is 12.5. The maximum absolute atomic E-state index is 12.5. The minimum Gasteiger partial charge on any atom is -0.545 e. The molecule has 0 radical (unpaired) electrons. The van der Waals surface area contributed by atoms with Crippen LogP contribution in [0.3, 0.4) is 0 Å². The molecule has 0 bridgehead atoms. The molecule has 0 unspecified atom stereocenters. The number of hydrogen-bond donors (Lipinski definition) is 0. The number of benzene rings is 1. The van der Waals surface area contributed by atoms with Crippen LogP contribution in [0.15, 0.2) is 18.2 Å². The molecule has 4 nitrogen and oxygen atoms in total. The van der Waals surface area contributed by atoms with Crippen molar-refractivity contribution in [2.75, 3.05) is 0 Å². The molecule has 0 saturated heterocycles. The van der Waals surface area contributed by atoms with Crippen molar-refractivity contribution < 1.29 is 127 Å². The van der Waals surface area contributed by atoms with E-state index < -0.39 is 28.9 Å². The van der Waals surface area contributed by atoms with Gasteiger partial charge < -0.3 is 19.8 Å². The molecule has 15 heavy (non-hydrogen) atoms. The van der Waals surface area contributed by atoms with Gasteiger partial charge in [0.2, 0.25) is 0 Å². The monoisotopic (exact) mass is 260 g/mol. The molecule has 0 fully saturated rings. The van der Waals surface area contributed by atoms with Crippen LogP contribution in [0, 0.1) is 5.82 Å². The van der Waals surface area contributed by atoms with E-state index in [4.69, 9.17) is 0 Å². The molecule has 0 N–H and O–H groups in total. The van der Waals surface area contributed by atoms with Gasteiger partial charge in [0.1, 0.15) is 5.82 Å². The molecular weight excluding hydrogens is 257 g/mol. The van der Waals surface area contributed by atoms with Crippen molar-refractivity contribution >= 4 is 11.9 Å². The zero-order chi connectivity index (χ0) is 10.0. The van der Waals surface area contributed by atoms with Crippen LogP contribution in [-0.2, 0) is 0 Å². The van der Waals surface area contributed by atoms with Gasteiger partial charge in [0.25, 0.3) is 0 Å². The fourth-order valence-electron chi connectivity index (χ4n) is 0.863. The number of hydrogen-bond acceptors (Lipinski definition) is 4. The topological polar surface area (TPSA) is 80.3 Å². The van der Waals surface area contributed by atoms with Gasteiger partial charge in [0.15, 0.2) is 0 Å². The van der Waals surface area contributed by atoms with Crippen LogP contribution in [0.5, 0.6) is 0 Å². The number of aromatic carboxylic acids is 2. The summed E-state index contributed by atoms with van der Waals surface area (Å²) in [4.78, 5) is 20.6. The summed E-state index contributed by atoms with van der Waals surface area (Å²) >= 11 is 0. The number of carbonyl (C=O) groups excluding carboxylic acids is 2. The van der Waals surface area contributed by atoms with E-state index >= 15 is 0 Å². The van der Waals surface area contributed by atoms with E-state index in [0.29, 0.717) is 6.07 Å². The maximum Gasteiger partial charge on any atom is 1.00 e. The van der Waals surface area contributed by atoms with Crippen molar-refractivity contribution in [3.63, 3.8) is 0 Å². The quantitative estimate of drug-likeness (QED) is 0.495. The first kappa shape index (κ1) is 18.7. The summed E-state index contributed by atoms with van der Waals surface area (Å²) in [5, 5.41) is 20.6. The summed E-state index contributed by atoms with van der Waals surface area (Å²) in [6.07, 6.45) is 0. The van der Waals surface area contributed by atoms with E-state index in [0.717, 1.165) is 12.1 Å². The third-order valence-corrected chi connectivity index (χ3v) is 1.42. The summed E-state index contributed by atoms with van der Waals surface area (Å²) in [7, 11) is 0.